The van der Waals surface area contributed by atoms with Crippen molar-refractivity contribution in [3.8, 4) is 0 Å². The van der Waals surface area contributed by atoms with Crippen LogP contribution in [0.1, 0.15) is 20.3 Å². The van der Waals surface area contributed by atoms with Crippen molar-refractivity contribution in [2.75, 3.05) is 26.7 Å². The normalized spacial score (nSPS) is 8.42. The Morgan fingerprint density at radius 3 is 2.08 bits per heavy atom. The molecule has 0 saturated heterocycles. The first kappa shape index (κ1) is 13.9. The van der Waals surface area contributed by atoms with Gasteiger partial charge in [-0.1, -0.05) is 6.92 Å². The van der Waals surface area contributed by atoms with Gasteiger partial charge in [-0.15, -0.1) is 0 Å². The van der Waals surface area contributed by atoms with E-state index in [0.717, 1.165) is 19.5 Å². The molecule has 74 valence electrons. The molecule has 0 aliphatic heterocycles. The van der Waals surface area contributed by atoms with Crippen LogP contribution in [0.4, 0.5) is 0 Å². The molecule has 1 amide bonds. The highest BCUT2D eigenvalue weighted by molar-refractivity contribution is 5.77. The van der Waals surface area contributed by atoms with E-state index < -0.39 is 0 Å². The molecular weight excluding hydrogens is 154 g/mol. The van der Waals surface area contributed by atoms with Crippen molar-refractivity contribution < 1.29 is 4.79 Å². The Morgan fingerprint density at radius 2 is 1.83 bits per heavy atom. The zero-order valence-corrected chi connectivity index (χ0v) is 8.34. The van der Waals surface area contributed by atoms with Crippen LogP contribution in [-0.4, -0.2) is 37.5 Å². The third-order valence-electron chi connectivity index (χ3n) is 1.40. The Kier molecular flexibility index (Phi) is 12.1. The Labute approximate surface area is 74.9 Å². The van der Waals surface area contributed by atoms with Crippen molar-refractivity contribution in [1.29, 1.82) is 0 Å². The lowest BCUT2D eigenvalue weighted by molar-refractivity contribution is -0.129. The highest BCUT2D eigenvalue weighted by atomic mass is 16.2. The molecule has 0 saturated carbocycles. The molecule has 0 spiro atoms. The number of likely N-dealkylation sites (N-methyl/N-ethyl adjacent to an activating group) is 1. The molecule has 4 nitrogen and oxygen atoms in total. The Morgan fingerprint density at radius 1 is 1.33 bits per heavy atom. The highest BCUT2D eigenvalue weighted by Crippen LogP contribution is 1.89. The van der Waals surface area contributed by atoms with Gasteiger partial charge in [-0.25, -0.2) is 0 Å². The fourth-order valence-corrected chi connectivity index (χ4v) is 0.858. The van der Waals surface area contributed by atoms with Gasteiger partial charge < -0.3 is 16.4 Å². The van der Waals surface area contributed by atoms with Gasteiger partial charge >= 0.3 is 0 Å². The third kappa shape index (κ3) is 6.12. The summed E-state index contributed by atoms with van der Waals surface area (Å²) in [5.41, 5.74) is 9.69. The van der Waals surface area contributed by atoms with Crippen LogP contribution >= 0.6 is 0 Å². The number of nitrogens with two attached hydrogens (primary N) is 2. The standard InChI is InChI=1S/C7H16N2O.CH5N/c1-3-5-9(4-2)7(10)6-8;1-2/h3-6,8H2,1-2H3;2H2,1H3. The topological polar surface area (TPSA) is 72.3 Å². The van der Waals surface area contributed by atoms with Gasteiger partial charge in [0.2, 0.25) is 5.91 Å². The van der Waals surface area contributed by atoms with Gasteiger partial charge in [-0.05, 0) is 20.4 Å². The number of nitrogens with zero attached hydrogens (tertiary/aromatic N) is 1. The average Bonchev–Trinajstić information content (AvgIpc) is 2.16. The minimum absolute atomic E-state index is 0.0457. The molecular formula is C8H21N3O. The van der Waals surface area contributed by atoms with E-state index in [9.17, 15) is 4.79 Å². The number of hydrogen-bond acceptors (Lipinski definition) is 3. The lowest BCUT2D eigenvalue weighted by Crippen LogP contribution is -2.36. The van der Waals surface area contributed by atoms with Crippen molar-refractivity contribution in [2.45, 2.75) is 20.3 Å². The van der Waals surface area contributed by atoms with Crippen LogP contribution in [-0.2, 0) is 4.79 Å². The number of amides is 1. The molecule has 0 aromatic heterocycles. The average molecular weight is 175 g/mol. The molecule has 0 aromatic rings. The van der Waals surface area contributed by atoms with Crippen LogP contribution in [0.2, 0.25) is 0 Å². The van der Waals surface area contributed by atoms with Gasteiger partial charge in [0.1, 0.15) is 0 Å². The molecule has 0 aliphatic rings. The van der Waals surface area contributed by atoms with Gasteiger partial charge in [-0.3, -0.25) is 4.79 Å². The van der Waals surface area contributed by atoms with Gasteiger partial charge in [-0.2, -0.15) is 0 Å². The molecule has 0 bridgehead atoms. The van der Waals surface area contributed by atoms with E-state index >= 15 is 0 Å². The van der Waals surface area contributed by atoms with Crippen molar-refractivity contribution in [1.82, 2.24) is 4.90 Å². The van der Waals surface area contributed by atoms with Crippen LogP contribution in [0.25, 0.3) is 0 Å². The fraction of sp³-hybridized carbons (Fsp3) is 0.875. The number of hydrogen-bond donors (Lipinski definition) is 2. The highest BCUT2D eigenvalue weighted by Gasteiger charge is 2.06. The predicted octanol–water partition coefficient (Wildman–Crippen LogP) is -0.221. The smallest absolute Gasteiger partial charge is 0.236 e. The first-order chi connectivity index (χ1) is 5.76. The summed E-state index contributed by atoms with van der Waals surface area (Å²) in [5.74, 6) is 0.0457. The van der Waals surface area contributed by atoms with Crippen LogP contribution in [0, 0.1) is 0 Å². The van der Waals surface area contributed by atoms with Crippen molar-refractivity contribution >= 4 is 5.91 Å². The fourth-order valence-electron chi connectivity index (χ4n) is 0.858. The second-order valence-electron chi connectivity index (χ2n) is 2.18. The van der Waals surface area contributed by atoms with E-state index in [-0.39, 0.29) is 12.5 Å². The monoisotopic (exact) mass is 175 g/mol. The number of rotatable bonds is 4. The second-order valence-corrected chi connectivity index (χ2v) is 2.18. The Hall–Kier alpha value is -0.610. The molecule has 4 N–H and O–H groups in total. The molecule has 12 heavy (non-hydrogen) atoms. The quantitative estimate of drug-likeness (QED) is 0.620. The largest absolute Gasteiger partial charge is 0.342 e. The SMILES string of the molecule is CCCN(CC)C(=O)CN.CN. The molecule has 0 atom stereocenters. The number of carbonyl (C=O) groups excluding carboxylic acids is 1. The van der Waals surface area contributed by atoms with Crippen LogP contribution in [0.15, 0.2) is 0 Å². The second kappa shape index (κ2) is 10.4. The molecule has 0 rings (SSSR count). The zero-order chi connectivity index (χ0) is 9.98. The molecule has 0 aliphatic carbocycles. The van der Waals surface area contributed by atoms with Gasteiger partial charge in [0, 0.05) is 13.1 Å². The first-order valence-electron chi connectivity index (χ1n) is 4.31. The molecule has 0 fully saturated rings. The Bertz CT molecular complexity index is 106. The lowest BCUT2D eigenvalue weighted by Gasteiger charge is -2.18. The lowest BCUT2D eigenvalue weighted by atomic mass is 10.4. The Balaban J connectivity index is 0. The maximum absolute atomic E-state index is 10.9. The minimum atomic E-state index is 0.0457. The van der Waals surface area contributed by atoms with E-state index in [0.29, 0.717) is 0 Å². The van der Waals surface area contributed by atoms with Gasteiger partial charge in [0.25, 0.3) is 0 Å². The van der Waals surface area contributed by atoms with Crippen molar-refractivity contribution in [3.63, 3.8) is 0 Å². The van der Waals surface area contributed by atoms with Gasteiger partial charge in [0.15, 0.2) is 0 Å². The van der Waals surface area contributed by atoms with Crippen LogP contribution in [0.3, 0.4) is 0 Å². The first-order valence-corrected chi connectivity index (χ1v) is 4.31. The van der Waals surface area contributed by atoms with E-state index in [1.165, 1.54) is 7.05 Å². The maximum atomic E-state index is 10.9. The summed E-state index contributed by atoms with van der Waals surface area (Å²) < 4.78 is 0. The molecule has 0 aromatic carbocycles. The molecule has 0 unspecified atom stereocenters. The summed E-state index contributed by atoms with van der Waals surface area (Å²) in [6, 6.07) is 0. The third-order valence-corrected chi connectivity index (χ3v) is 1.40. The molecule has 0 heterocycles. The minimum Gasteiger partial charge on any atom is -0.342 e. The van der Waals surface area contributed by atoms with Crippen molar-refractivity contribution in [2.24, 2.45) is 11.5 Å². The maximum Gasteiger partial charge on any atom is 0.236 e. The van der Waals surface area contributed by atoms with E-state index in [4.69, 9.17) is 5.73 Å². The van der Waals surface area contributed by atoms with Gasteiger partial charge in [0.05, 0.1) is 6.54 Å². The van der Waals surface area contributed by atoms with Crippen LogP contribution in [0.5, 0.6) is 0 Å². The summed E-state index contributed by atoms with van der Waals surface area (Å²) in [6.07, 6.45) is 1.000. The van der Waals surface area contributed by atoms with E-state index in [1.807, 2.05) is 13.8 Å². The summed E-state index contributed by atoms with van der Waals surface area (Å²) in [5, 5.41) is 0. The number of carbonyl (C=O) groups is 1. The van der Waals surface area contributed by atoms with Crippen LogP contribution < -0.4 is 11.5 Å². The predicted molar refractivity (Wildman–Crippen MR) is 51.7 cm³/mol. The molecule has 0 radical (unpaired) electrons. The molecule has 4 heteroatoms. The van der Waals surface area contributed by atoms with E-state index in [1.54, 1.807) is 4.90 Å². The van der Waals surface area contributed by atoms with Crippen molar-refractivity contribution in [3.05, 3.63) is 0 Å². The summed E-state index contributed by atoms with van der Waals surface area (Å²) in [4.78, 5) is 12.7. The summed E-state index contributed by atoms with van der Waals surface area (Å²) in [7, 11) is 1.50. The van der Waals surface area contributed by atoms with E-state index in [2.05, 4.69) is 5.73 Å². The zero-order valence-electron chi connectivity index (χ0n) is 8.34. The summed E-state index contributed by atoms with van der Waals surface area (Å²) >= 11 is 0. The summed E-state index contributed by atoms with van der Waals surface area (Å²) in [6.45, 7) is 5.74.